The van der Waals surface area contributed by atoms with Crippen LogP contribution >= 0.6 is 15.9 Å². The van der Waals surface area contributed by atoms with Gasteiger partial charge in [-0.05, 0) is 63.5 Å². The first-order chi connectivity index (χ1) is 14.8. The SMILES string of the molecule is COc1ccc(CN(Cc2ccc(OC)cc2)c2cc(Br)nc(C(F)(F)CO)c2)cc1. The van der Waals surface area contributed by atoms with Gasteiger partial charge in [0, 0.05) is 18.8 Å². The van der Waals surface area contributed by atoms with E-state index in [1.165, 1.54) is 6.07 Å². The summed E-state index contributed by atoms with van der Waals surface area (Å²) < 4.78 is 39.0. The lowest BCUT2D eigenvalue weighted by molar-refractivity contribution is -0.0593. The van der Waals surface area contributed by atoms with Crippen molar-refractivity contribution >= 4 is 21.6 Å². The number of nitrogens with zero attached hydrogens (tertiary/aromatic N) is 2. The topological polar surface area (TPSA) is 54.8 Å². The van der Waals surface area contributed by atoms with Crippen molar-refractivity contribution in [1.82, 2.24) is 4.98 Å². The summed E-state index contributed by atoms with van der Waals surface area (Å²) in [5, 5.41) is 9.09. The molecule has 8 heteroatoms. The summed E-state index contributed by atoms with van der Waals surface area (Å²) in [6, 6.07) is 18.1. The van der Waals surface area contributed by atoms with Crippen molar-refractivity contribution in [2.24, 2.45) is 0 Å². The quantitative estimate of drug-likeness (QED) is 0.418. The molecular weight excluding hydrogens is 470 g/mol. The second-order valence-electron chi connectivity index (χ2n) is 6.95. The Labute approximate surface area is 188 Å². The predicted molar refractivity (Wildman–Crippen MR) is 119 cm³/mol. The van der Waals surface area contributed by atoms with Gasteiger partial charge in [0.25, 0.3) is 0 Å². The average Bonchev–Trinajstić information content (AvgIpc) is 2.79. The molecule has 3 rings (SSSR count). The molecule has 164 valence electrons. The minimum atomic E-state index is -3.44. The number of rotatable bonds is 9. The van der Waals surface area contributed by atoms with Crippen LogP contribution in [0.3, 0.4) is 0 Å². The van der Waals surface area contributed by atoms with E-state index in [4.69, 9.17) is 14.6 Å². The lowest BCUT2D eigenvalue weighted by atomic mass is 10.1. The van der Waals surface area contributed by atoms with Gasteiger partial charge in [0.15, 0.2) is 0 Å². The third-order valence-electron chi connectivity index (χ3n) is 4.78. The van der Waals surface area contributed by atoms with Crippen LogP contribution in [0.25, 0.3) is 0 Å². The molecule has 0 amide bonds. The number of ether oxygens (including phenoxy) is 2. The maximum Gasteiger partial charge on any atom is 0.312 e. The number of halogens is 3. The van der Waals surface area contributed by atoms with E-state index >= 15 is 0 Å². The van der Waals surface area contributed by atoms with E-state index in [0.29, 0.717) is 18.8 Å². The van der Waals surface area contributed by atoms with Crippen molar-refractivity contribution in [3.8, 4) is 11.5 Å². The highest BCUT2D eigenvalue weighted by molar-refractivity contribution is 9.10. The third kappa shape index (κ3) is 5.92. The molecule has 0 atom stereocenters. The van der Waals surface area contributed by atoms with Gasteiger partial charge in [0.05, 0.1) is 14.2 Å². The molecule has 5 nitrogen and oxygen atoms in total. The highest BCUT2D eigenvalue weighted by Gasteiger charge is 2.33. The van der Waals surface area contributed by atoms with Crippen LogP contribution in [0.4, 0.5) is 14.5 Å². The Morgan fingerprint density at radius 2 is 1.39 bits per heavy atom. The van der Waals surface area contributed by atoms with Gasteiger partial charge >= 0.3 is 5.92 Å². The van der Waals surface area contributed by atoms with Gasteiger partial charge in [-0.25, -0.2) is 4.98 Å². The van der Waals surface area contributed by atoms with Crippen LogP contribution in [0.1, 0.15) is 16.8 Å². The summed E-state index contributed by atoms with van der Waals surface area (Å²) in [6.07, 6.45) is 0. The Morgan fingerprint density at radius 3 is 1.81 bits per heavy atom. The first-order valence-electron chi connectivity index (χ1n) is 9.52. The molecule has 0 aliphatic rings. The zero-order chi connectivity index (χ0) is 22.4. The molecule has 0 unspecified atom stereocenters. The Hall–Kier alpha value is -2.71. The van der Waals surface area contributed by atoms with E-state index in [1.807, 2.05) is 53.4 Å². The monoisotopic (exact) mass is 492 g/mol. The molecule has 0 aliphatic heterocycles. The second kappa shape index (κ2) is 10.1. The summed E-state index contributed by atoms with van der Waals surface area (Å²) in [6.45, 7) is -0.375. The smallest absolute Gasteiger partial charge is 0.312 e. The number of methoxy groups -OCH3 is 2. The number of hydrogen-bond acceptors (Lipinski definition) is 5. The van der Waals surface area contributed by atoms with Crippen molar-refractivity contribution in [2.75, 3.05) is 25.7 Å². The van der Waals surface area contributed by atoms with Crippen LogP contribution in [-0.4, -0.2) is 30.9 Å². The fraction of sp³-hybridized carbons (Fsp3) is 0.261. The number of aromatic nitrogens is 1. The molecule has 0 fully saturated rings. The van der Waals surface area contributed by atoms with E-state index in [9.17, 15) is 8.78 Å². The van der Waals surface area contributed by atoms with Gasteiger partial charge in [-0.1, -0.05) is 24.3 Å². The molecule has 1 N–H and O–H groups in total. The predicted octanol–water partition coefficient (Wildman–Crippen LogP) is 5.15. The summed E-state index contributed by atoms with van der Waals surface area (Å²) in [5.74, 6) is -1.96. The maximum absolute atomic E-state index is 14.1. The van der Waals surface area contributed by atoms with Crippen LogP contribution in [0, 0.1) is 0 Å². The van der Waals surface area contributed by atoms with Crippen molar-refractivity contribution in [2.45, 2.75) is 19.0 Å². The maximum atomic E-state index is 14.1. The molecule has 1 aromatic heterocycles. The van der Waals surface area contributed by atoms with Gasteiger partial charge in [-0.3, -0.25) is 0 Å². The normalized spacial score (nSPS) is 11.3. The van der Waals surface area contributed by atoms with Crippen LogP contribution in [0.2, 0.25) is 0 Å². The standard InChI is InChI=1S/C23H23BrF2N2O3/c1-30-19-7-3-16(4-8-19)13-28(14-17-5-9-20(31-2)10-6-17)18-11-21(23(25,26)15-29)27-22(24)12-18/h3-12,29H,13-15H2,1-2H3. The van der Waals surface area contributed by atoms with Gasteiger partial charge < -0.3 is 19.5 Å². The molecule has 3 aromatic rings. The van der Waals surface area contributed by atoms with E-state index in [-0.39, 0.29) is 4.60 Å². The molecule has 0 saturated heterocycles. The highest BCUT2D eigenvalue weighted by Crippen LogP contribution is 2.32. The summed E-state index contributed by atoms with van der Waals surface area (Å²) in [7, 11) is 3.20. The number of aliphatic hydroxyl groups is 1. The van der Waals surface area contributed by atoms with E-state index in [2.05, 4.69) is 20.9 Å². The average molecular weight is 493 g/mol. The summed E-state index contributed by atoms with van der Waals surface area (Å²) in [5.41, 5.74) is 2.03. The van der Waals surface area contributed by atoms with Crippen LogP contribution in [0.15, 0.2) is 65.3 Å². The van der Waals surface area contributed by atoms with E-state index in [0.717, 1.165) is 22.6 Å². The number of benzene rings is 2. The molecular formula is C23H23BrF2N2O3. The second-order valence-corrected chi connectivity index (χ2v) is 7.76. The van der Waals surface area contributed by atoms with Crippen LogP contribution in [-0.2, 0) is 19.0 Å². The number of alkyl halides is 2. The van der Waals surface area contributed by atoms with Crippen molar-refractivity contribution in [3.05, 3.63) is 82.1 Å². The third-order valence-corrected chi connectivity index (χ3v) is 5.19. The largest absolute Gasteiger partial charge is 0.497 e. The van der Waals surface area contributed by atoms with Crippen molar-refractivity contribution in [1.29, 1.82) is 0 Å². The zero-order valence-corrected chi connectivity index (χ0v) is 18.8. The lowest BCUT2D eigenvalue weighted by Gasteiger charge is -2.27. The number of aliphatic hydroxyl groups excluding tert-OH is 1. The highest BCUT2D eigenvalue weighted by atomic mass is 79.9. The minimum Gasteiger partial charge on any atom is -0.497 e. The fourth-order valence-corrected chi connectivity index (χ4v) is 3.50. The summed E-state index contributed by atoms with van der Waals surface area (Å²) >= 11 is 3.23. The van der Waals surface area contributed by atoms with E-state index < -0.39 is 18.2 Å². The van der Waals surface area contributed by atoms with E-state index in [1.54, 1.807) is 20.3 Å². The Morgan fingerprint density at radius 1 is 0.903 bits per heavy atom. The lowest BCUT2D eigenvalue weighted by Crippen LogP contribution is -2.25. The number of hydrogen-bond donors (Lipinski definition) is 1. The number of anilines is 1. The van der Waals surface area contributed by atoms with Gasteiger partial charge in [0.2, 0.25) is 0 Å². The van der Waals surface area contributed by atoms with Crippen molar-refractivity contribution in [3.63, 3.8) is 0 Å². The molecule has 0 aliphatic carbocycles. The van der Waals surface area contributed by atoms with Crippen molar-refractivity contribution < 1.29 is 23.4 Å². The Kier molecular flexibility index (Phi) is 7.46. The van der Waals surface area contributed by atoms with Gasteiger partial charge in [-0.2, -0.15) is 8.78 Å². The molecule has 0 spiro atoms. The van der Waals surface area contributed by atoms with Crippen LogP contribution in [0.5, 0.6) is 11.5 Å². The first-order valence-corrected chi connectivity index (χ1v) is 10.3. The molecule has 1 heterocycles. The zero-order valence-electron chi connectivity index (χ0n) is 17.2. The molecule has 2 aromatic carbocycles. The Bertz CT molecular complexity index is 949. The summed E-state index contributed by atoms with van der Waals surface area (Å²) in [4.78, 5) is 5.83. The molecule has 0 radical (unpaired) electrons. The number of pyridine rings is 1. The molecule has 0 bridgehead atoms. The fourth-order valence-electron chi connectivity index (χ4n) is 3.08. The molecule has 0 saturated carbocycles. The molecule has 31 heavy (non-hydrogen) atoms. The van der Waals surface area contributed by atoms with Gasteiger partial charge in [0.1, 0.15) is 28.4 Å². The minimum absolute atomic E-state index is 0.266. The Balaban J connectivity index is 1.97. The van der Waals surface area contributed by atoms with Crippen LogP contribution < -0.4 is 14.4 Å². The first kappa shape index (κ1) is 23.0. The van der Waals surface area contributed by atoms with Gasteiger partial charge in [-0.15, -0.1) is 0 Å².